The van der Waals surface area contributed by atoms with Gasteiger partial charge in [-0.25, -0.2) is 18.0 Å². The Labute approximate surface area is 240 Å². The highest BCUT2D eigenvalue weighted by Gasteiger charge is 2.52. The fourth-order valence-electron chi connectivity index (χ4n) is 5.77. The second-order valence-electron chi connectivity index (χ2n) is 10.5. The van der Waals surface area contributed by atoms with E-state index in [1.807, 2.05) is 0 Å². The molecule has 2 unspecified atom stereocenters. The molecule has 2 aliphatic rings. The molecule has 5 rings (SSSR count). The molecule has 0 bridgehead atoms. The van der Waals surface area contributed by atoms with Crippen LogP contribution in [0.25, 0.3) is 0 Å². The molecule has 2 atom stereocenters. The molecule has 216 valence electrons. The van der Waals surface area contributed by atoms with Gasteiger partial charge in [0.2, 0.25) is 5.91 Å². The zero-order valence-electron chi connectivity index (χ0n) is 22.1. The molecule has 1 aliphatic heterocycles. The molecule has 1 fully saturated rings. The van der Waals surface area contributed by atoms with Crippen molar-refractivity contribution in [3.8, 4) is 5.75 Å². The first kappa shape index (κ1) is 28.6. The van der Waals surface area contributed by atoms with E-state index in [-0.39, 0.29) is 28.7 Å². The highest BCUT2D eigenvalue weighted by molar-refractivity contribution is 6.30. The molecule has 0 saturated heterocycles. The lowest BCUT2D eigenvalue weighted by molar-refractivity contribution is -0.144. The van der Waals surface area contributed by atoms with Crippen LogP contribution < -0.4 is 20.7 Å². The first-order valence-electron chi connectivity index (χ1n) is 13.4. The van der Waals surface area contributed by atoms with E-state index in [9.17, 15) is 18.4 Å². The molecule has 3 aromatic rings. The summed E-state index contributed by atoms with van der Waals surface area (Å²) in [7, 11) is 0. The number of carboxylic acids is 1. The molecular weight excluding hydrogens is 559 g/mol. The molecule has 3 aromatic carbocycles. The standard InChI is InChI=1S/C30H29ClF3N3O4/c1-16(29(39)40)41-20-11-12-24(23(34)13-20)35-28(38)27(17-5-3-2-4-6-17)30(18-7-9-19(31)10-8-18)36-25-14-21(32)22(33)15-26(25)37-30/h7-17,27,36-37H,2-6H2,1H3,(H,35,38)(H,39,40). The number of amides is 1. The number of aliphatic carboxylic acids is 1. The second-order valence-corrected chi connectivity index (χ2v) is 10.9. The van der Waals surface area contributed by atoms with E-state index in [0.717, 1.165) is 50.3 Å². The lowest BCUT2D eigenvalue weighted by atomic mass is 9.71. The Morgan fingerprint density at radius 2 is 1.56 bits per heavy atom. The second kappa shape index (κ2) is 11.5. The third-order valence-electron chi connectivity index (χ3n) is 7.75. The first-order valence-corrected chi connectivity index (χ1v) is 13.8. The minimum Gasteiger partial charge on any atom is -0.479 e. The van der Waals surface area contributed by atoms with Gasteiger partial charge < -0.3 is 25.8 Å². The molecule has 1 aliphatic carbocycles. The van der Waals surface area contributed by atoms with Gasteiger partial charge in [-0.1, -0.05) is 43.0 Å². The van der Waals surface area contributed by atoms with Gasteiger partial charge in [-0.2, -0.15) is 0 Å². The molecule has 1 amide bonds. The molecule has 41 heavy (non-hydrogen) atoms. The van der Waals surface area contributed by atoms with Gasteiger partial charge in [0, 0.05) is 23.2 Å². The number of carbonyl (C=O) groups is 2. The SMILES string of the molecule is CC(Oc1ccc(NC(=O)C(C2CCCCC2)C2(c3ccc(Cl)cc3)Nc3cc(F)c(F)cc3N2)c(F)c1)C(=O)O. The Balaban J connectivity index is 1.54. The van der Waals surface area contributed by atoms with Crippen LogP contribution >= 0.6 is 11.6 Å². The summed E-state index contributed by atoms with van der Waals surface area (Å²) in [6, 6.07) is 12.6. The average Bonchev–Trinajstić information content (AvgIpc) is 3.29. The van der Waals surface area contributed by atoms with Crippen molar-refractivity contribution in [2.45, 2.75) is 50.8 Å². The van der Waals surface area contributed by atoms with E-state index in [1.54, 1.807) is 24.3 Å². The van der Waals surface area contributed by atoms with E-state index in [0.29, 0.717) is 10.6 Å². The van der Waals surface area contributed by atoms with Gasteiger partial charge in [0.15, 0.2) is 17.7 Å². The van der Waals surface area contributed by atoms with Gasteiger partial charge in [0.1, 0.15) is 17.2 Å². The van der Waals surface area contributed by atoms with Crippen molar-refractivity contribution in [2.75, 3.05) is 16.0 Å². The monoisotopic (exact) mass is 587 g/mol. The predicted molar refractivity (Wildman–Crippen MR) is 150 cm³/mol. The maximum absolute atomic E-state index is 15.1. The van der Waals surface area contributed by atoms with Crippen LogP contribution in [0.15, 0.2) is 54.6 Å². The molecule has 4 N–H and O–H groups in total. The lowest BCUT2D eigenvalue weighted by Gasteiger charge is -2.43. The number of halogens is 4. The normalized spacial score (nSPS) is 17.5. The van der Waals surface area contributed by atoms with Crippen molar-refractivity contribution in [3.05, 3.63) is 82.6 Å². The van der Waals surface area contributed by atoms with E-state index in [1.165, 1.54) is 19.1 Å². The number of ether oxygens (including phenoxy) is 1. The van der Waals surface area contributed by atoms with Gasteiger partial charge in [-0.3, -0.25) is 4.79 Å². The zero-order chi connectivity index (χ0) is 29.3. The number of benzene rings is 3. The number of rotatable bonds is 8. The van der Waals surface area contributed by atoms with E-state index in [2.05, 4.69) is 16.0 Å². The van der Waals surface area contributed by atoms with Crippen LogP contribution in [0, 0.1) is 29.3 Å². The number of fused-ring (bicyclic) bond motifs is 1. The molecule has 7 nitrogen and oxygen atoms in total. The van der Waals surface area contributed by atoms with Crippen LogP contribution in [0.1, 0.15) is 44.6 Å². The lowest BCUT2D eigenvalue weighted by Crippen LogP contribution is -2.54. The van der Waals surface area contributed by atoms with Gasteiger partial charge in [-0.15, -0.1) is 0 Å². The van der Waals surface area contributed by atoms with Gasteiger partial charge in [0.05, 0.1) is 23.0 Å². The maximum atomic E-state index is 15.1. The van der Waals surface area contributed by atoms with Crippen molar-refractivity contribution in [3.63, 3.8) is 0 Å². The van der Waals surface area contributed by atoms with Crippen molar-refractivity contribution in [1.82, 2.24) is 0 Å². The summed E-state index contributed by atoms with van der Waals surface area (Å²) >= 11 is 6.17. The van der Waals surface area contributed by atoms with Gasteiger partial charge in [0.25, 0.3) is 0 Å². The predicted octanol–water partition coefficient (Wildman–Crippen LogP) is 7.13. The van der Waals surface area contributed by atoms with E-state index < -0.39 is 47.0 Å². The number of carbonyl (C=O) groups excluding carboxylic acids is 1. The first-order chi connectivity index (χ1) is 19.6. The Bertz CT molecular complexity index is 1430. The summed E-state index contributed by atoms with van der Waals surface area (Å²) in [5, 5.41) is 18.8. The fourth-order valence-corrected chi connectivity index (χ4v) is 5.90. The summed E-state index contributed by atoms with van der Waals surface area (Å²) in [5.74, 6) is -5.62. The van der Waals surface area contributed by atoms with E-state index in [4.69, 9.17) is 21.4 Å². The van der Waals surface area contributed by atoms with Crippen molar-refractivity contribution in [1.29, 1.82) is 0 Å². The quantitative estimate of drug-likeness (QED) is 0.224. The summed E-state index contributed by atoms with van der Waals surface area (Å²) in [5.41, 5.74) is -0.280. The molecule has 11 heteroatoms. The highest BCUT2D eigenvalue weighted by atomic mass is 35.5. The Morgan fingerprint density at radius 1 is 0.951 bits per heavy atom. The zero-order valence-corrected chi connectivity index (χ0v) is 22.9. The third-order valence-corrected chi connectivity index (χ3v) is 8.00. The van der Waals surface area contributed by atoms with Crippen LogP contribution in [0.5, 0.6) is 5.75 Å². The smallest absolute Gasteiger partial charge is 0.344 e. The molecule has 1 saturated carbocycles. The number of carboxylic acid groups (broad SMARTS) is 1. The van der Waals surface area contributed by atoms with Gasteiger partial charge >= 0.3 is 5.97 Å². The van der Waals surface area contributed by atoms with Crippen molar-refractivity contribution in [2.24, 2.45) is 11.8 Å². The van der Waals surface area contributed by atoms with Crippen LogP contribution in [0.3, 0.4) is 0 Å². The minimum atomic E-state index is -1.34. The number of hydrogen-bond donors (Lipinski definition) is 4. The average molecular weight is 588 g/mol. The Kier molecular flexibility index (Phi) is 8.04. The Hall–Kier alpha value is -3.92. The third kappa shape index (κ3) is 5.79. The number of nitrogens with one attached hydrogen (secondary N) is 3. The van der Waals surface area contributed by atoms with Crippen LogP contribution in [0.2, 0.25) is 5.02 Å². The largest absolute Gasteiger partial charge is 0.479 e. The summed E-state index contributed by atoms with van der Waals surface area (Å²) in [6.45, 7) is 1.32. The van der Waals surface area contributed by atoms with Crippen LogP contribution in [0.4, 0.5) is 30.2 Å². The van der Waals surface area contributed by atoms with Crippen molar-refractivity contribution >= 4 is 40.5 Å². The molecule has 0 radical (unpaired) electrons. The fraction of sp³-hybridized carbons (Fsp3) is 0.333. The van der Waals surface area contributed by atoms with Crippen molar-refractivity contribution < 1.29 is 32.6 Å². The molecule has 1 heterocycles. The maximum Gasteiger partial charge on any atom is 0.344 e. The number of anilines is 3. The topological polar surface area (TPSA) is 99.7 Å². The molecule has 0 aromatic heterocycles. The molecule has 0 spiro atoms. The van der Waals surface area contributed by atoms with E-state index >= 15 is 4.39 Å². The summed E-state index contributed by atoms with van der Waals surface area (Å²) in [6.07, 6.45) is 3.05. The van der Waals surface area contributed by atoms with Crippen LogP contribution in [-0.2, 0) is 15.3 Å². The minimum absolute atomic E-state index is 0.00417. The summed E-state index contributed by atoms with van der Waals surface area (Å²) < 4.78 is 48.9. The molecular formula is C30H29ClF3N3O4. The number of hydrogen-bond acceptors (Lipinski definition) is 5. The Morgan fingerprint density at radius 3 is 2.12 bits per heavy atom. The van der Waals surface area contributed by atoms with Crippen LogP contribution in [-0.4, -0.2) is 23.1 Å². The summed E-state index contributed by atoms with van der Waals surface area (Å²) in [4.78, 5) is 25.3. The highest BCUT2D eigenvalue weighted by Crippen LogP contribution is 2.49. The van der Waals surface area contributed by atoms with Gasteiger partial charge in [-0.05, 0) is 55.5 Å².